The minimum atomic E-state index is -0.220. The van der Waals surface area contributed by atoms with E-state index in [0.29, 0.717) is 17.7 Å². The molecule has 1 aliphatic heterocycles. The third kappa shape index (κ3) is 4.79. The summed E-state index contributed by atoms with van der Waals surface area (Å²) < 4.78 is 6.63. The number of carbonyl (C=O) groups is 1. The van der Waals surface area contributed by atoms with E-state index in [-0.39, 0.29) is 17.3 Å². The lowest BCUT2D eigenvalue weighted by molar-refractivity contribution is 0.103. The van der Waals surface area contributed by atoms with Crippen molar-refractivity contribution in [2.45, 2.75) is 19.3 Å². The predicted octanol–water partition coefficient (Wildman–Crippen LogP) is 6.08. The second-order valence-electron chi connectivity index (χ2n) is 8.64. The smallest absolute Gasteiger partial charge is 0.198 e. The largest absolute Gasteiger partial charge is 0.508 e. The van der Waals surface area contributed by atoms with Gasteiger partial charge in [0.05, 0.1) is 5.56 Å². The molecule has 0 amide bonds. The predicted molar refractivity (Wildman–Crippen MR) is 136 cm³/mol. The lowest BCUT2D eigenvalue weighted by Crippen LogP contribution is -2.33. The summed E-state index contributed by atoms with van der Waals surface area (Å²) in [6, 6.07) is 19.5. The lowest BCUT2D eigenvalue weighted by atomic mass is 10.0. The van der Waals surface area contributed by atoms with Gasteiger partial charge >= 0.3 is 0 Å². The summed E-state index contributed by atoms with van der Waals surface area (Å²) in [6.07, 6.45) is 3.84. The van der Waals surface area contributed by atoms with Gasteiger partial charge in [0.1, 0.15) is 23.9 Å². The van der Waals surface area contributed by atoms with Crippen molar-refractivity contribution in [1.82, 2.24) is 4.90 Å². The van der Waals surface area contributed by atoms with Crippen LogP contribution in [-0.4, -0.2) is 47.1 Å². The third-order valence-corrected chi connectivity index (χ3v) is 7.50. The van der Waals surface area contributed by atoms with Gasteiger partial charge in [0.2, 0.25) is 0 Å². The van der Waals surface area contributed by atoms with Crippen LogP contribution in [-0.2, 0) is 0 Å². The number of ketones is 1. The number of likely N-dealkylation sites (tertiary alicyclic amines) is 1. The van der Waals surface area contributed by atoms with Gasteiger partial charge in [-0.2, -0.15) is 0 Å². The van der Waals surface area contributed by atoms with Crippen molar-refractivity contribution in [3.63, 3.8) is 0 Å². The molecule has 4 aromatic rings. The molecule has 5 rings (SSSR count). The number of piperidine rings is 1. The van der Waals surface area contributed by atoms with Gasteiger partial charge in [0.15, 0.2) is 5.78 Å². The average molecular weight is 474 g/mol. The van der Waals surface area contributed by atoms with Crippen molar-refractivity contribution >= 4 is 27.2 Å². The Hall–Kier alpha value is -3.35. The van der Waals surface area contributed by atoms with Crippen LogP contribution in [0.15, 0.2) is 66.7 Å². The van der Waals surface area contributed by atoms with Crippen molar-refractivity contribution in [3.05, 3.63) is 77.9 Å². The summed E-state index contributed by atoms with van der Waals surface area (Å²) in [5, 5.41) is 21.0. The van der Waals surface area contributed by atoms with E-state index in [0.717, 1.165) is 45.9 Å². The van der Waals surface area contributed by atoms with Crippen LogP contribution in [0.1, 0.15) is 35.2 Å². The Kier molecular flexibility index (Phi) is 6.52. The van der Waals surface area contributed by atoms with Crippen molar-refractivity contribution in [3.8, 4) is 27.7 Å². The van der Waals surface area contributed by atoms with Crippen LogP contribution in [0.5, 0.6) is 17.2 Å². The molecule has 0 aliphatic carbocycles. The van der Waals surface area contributed by atoms with E-state index < -0.39 is 0 Å². The first-order valence-electron chi connectivity index (χ1n) is 11.6. The Morgan fingerprint density at radius 3 is 2.38 bits per heavy atom. The molecule has 6 heteroatoms. The molecular weight excluding hydrogens is 446 g/mol. The lowest BCUT2D eigenvalue weighted by Gasteiger charge is -2.26. The molecule has 2 heterocycles. The van der Waals surface area contributed by atoms with Gasteiger partial charge in [0.25, 0.3) is 0 Å². The number of hydrogen-bond acceptors (Lipinski definition) is 6. The molecule has 2 N–H and O–H groups in total. The summed E-state index contributed by atoms with van der Waals surface area (Å²) in [5.74, 6) is 0.694. The number of thiophene rings is 1. The highest BCUT2D eigenvalue weighted by molar-refractivity contribution is 7.22. The maximum atomic E-state index is 13.4. The van der Waals surface area contributed by atoms with E-state index in [2.05, 4.69) is 4.90 Å². The number of aromatic hydroxyl groups is 2. The highest BCUT2D eigenvalue weighted by atomic mass is 32.1. The zero-order valence-corrected chi connectivity index (χ0v) is 19.7. The molecule has 1 aliphatic rings. The SMILES string of the molecule is O=C(c1ccc(OCCN2CCCCC2)cc1)c1c(O)ccc2cc(-c3ccc(O)cc3)sc12. The summed E-state index contributed by atoms with van der Waals surface area (Å²) >= 11 is 1.46. The van der Waals surface area contributed by atoms with E-state index in [1.165, 1.54) is 30.6 Å². The molecule has 0 atom stereocenters. The summed E-state index contributed by atoms with van der Waals surface area (Å²) in [4.78, 5) is 16.8. The Bertz CT molecular complexity index is 1290. The minimum Gasteiger partial charge on any atom is -0.508 e. The van der Waals surface area contributed by atoms with Crippen LogP contribution in [0.4, 0.5) is 0 Å². The van der Waals surface area contributed by atoms with Crippen molar-refractivity contribution in [2.24, 2.45) is 0 Å². The molecule has 174 valence electrons. The normalized spacial score (nSPS) is 14.4. The Morgan fingerprint density at radius 1 is 0.912 bits per heavy atom. The first-order valence-corrected chi connectivity index (χ1v) is 12.4. The molecule has 1 aromatic heterocycles. The van der Waals surface area contributed by atoms with Crippen LogP contribution in [0, 0.1) is 0 Å². The molecule has 0 saturated carbocycles. The van der Waals surface area contributed by atoms with Crippen LogP contribution < -0.4 is 4.74 Å². The number of benzene rings is 3. The molecule has 0 radical (unpaired) electrons. The fraction of sp³-hybridized carbons (Fsp3) is 0.250. The number of carbonyl (C=O) groups excluding carboxylic acids is 1. The van der Waals surface area contributed by atoms with Crippen molar-refractivity contribution in [2.75, 3.05) is 26.2 Å². The number of ether oxygens (including phenoxy) is 1. The number of nitrogens with zero attached hydrogens (tertiary/aromatic N) is 1. The molecule has 3 aromatic carbocycles. The van der Waals surface area contributed by atoms with E-state index in [1.807, 2.05) is 36.4 Å². The topological polar surface area (TPSA) is 70.0 Å². The van der Waals surface area contributed by atoms with Gasteiger partial charge in [-0.3, -0.25) is 9.69 Å². The molecule has 1 saturated heterocycles. The Balaban J connectivity index is 1.34. The molecule has 0 spiro atoms. The number of hydrogen-bond donors (Lipinski definition) is 2. The zero-order chi connectivity index (χ0) is 23.5. The second-order valence-corrected chi connectivity index (χ2v) is 9.69. The summed E-state index contributed by atoms with van der Waals surface area (Å²) in [7, 11) is 0. The van der Waals surface area contributed by atoms with Gasteiger partial charge in [-0.1, -0.05) is 6.42 Å². The van der Waals surface area contributed by atoms with Crippen LogP contribution in [0.25, 0.3) is 20.5 Å². The number of rotatable bonds is 7. The van der Waals surface area contributed by atoms with Crippen molar-refractivity contribution < 1.29 is 19.7 Å². The summed E-state index contributed by atoms with van der Waals surface area (Å²) in [6.45, 7) is 3.83. The van der Waals surface area contributed by atoms with Gasteiger partial charge < -0.3 is 14.9 Å². The van der Waals surface area contributed by atoms with E-state index in [4.69, 9.17) is 4.74 Å². The van der Waals surface area contributed by atoms with E-state index >= 15 is 0 Å². The fourth-order valence-electron chi connectivity index (χ4n) is 4.40. The van der Waals surface area contributed by atoms with E-state index in [9.17, 15) is 15.0 Å². The molecule has 1 fully saturated rings. The molecule has 0 bridgehead atoms. The van der Waals surface area contributed by atoms with Gasteiger partial charge in [-0.25, -0.2) is 0 Å². The maximum Gasteiger partial charge on any atom is 0.198 e. The Labute approximate surface area is 202 Å². The highest BCUT2D eigenvalue weighted by Crippen LogP contribution is 2.39. The number of phenols is 2. The highest BCUT2D eigenvalue weighted by Gasteiger charge is 2.20. The van der Waals surface area contributed by atoms with Crippen LogP contribution >= 0.6 is 11.3 Å². The first kappa shape index (κ1) is 22.4. The Morgan fingerprint density at radius 2 is 1.65 bits per heavy atom. The van der Waals surface area contributed by atoms with Gasteiger partial charge in [-0.15, -0.1) is 11.3 Å². The molecule has 5 nitrogen and oxygen atoms in total. The minimum absolute atomic E-state index is 0.0292. The van der Waals surface area contributed by atoms with Gasteiger partial charge in [0, 0.05) is 21.7 Å². The molecule has 34 heavy (non-hydrogen) atoms. The quantitative estimate of drug-likeness (QED) is 0.319. The van der Waals surface area contributed by atoms with Crippen LogP contribution in [0.3, 0.4) is 0 Å². The van der Waals surface area contributed by atoms with E-state index in [1.54, 1.807) is 30.3 Å². The fourth-order valence-corrected chi connectivity index (χ4v) is 5.61. The monoisotopic (exact) mass is 473 g/mol. The second kappa shape index (κ2) is 9.87. The molecular formula is C28H27NO4S. The molecule has 0 unspecified atom stereocenters. The summed E-state index contributed by atoms with van der Waals surface area (Å²) in [5.41, 5.74) is 1.76. The first-order chi connectivity index (χ1) is 16.6. The van der Waals surface area contributed by atoms with Gasteiger partial charge in [-0.05, 0) is 104 Å². The third-order valence-electron chi connectivity index (χ3n) is 6.29. The van der Waals surface area contributed by atoms with Crippen LogP contribution in [0.2, 0.25) is 0 Å². The van der Waals surface area contributed by atoms with Crippen molar-refractivity contribution in [1.29, 1.82) is 0 Å². The maximum absolute atomic E-state index is 13.4. The number of fused-ring (bicyclic) bond motifs is 1. The number of phenolic OH excluding ortho intramolecular Hbond substituents is 2. The standard InChI is InChI=1S/C28H27NO4S/c30-22-9-4-19(5-10-22)25-18-21-8-13-24(31)26(28(21)34-25)27(32)20-6-11-23(12-7-20)33-17-16-29-14-2-1-3-15-29/h4-13,18,30-31H,1-3,14-17H2. The zero-order valence-electron chi connectivity index (χ0n) is 18.9. The average Bonchev–Trinajstić information content (AvgIpc) is 3.29.